The highest BCUT2D eigenvalue weighted by Crippen LogP contribution is 2.35. The zero-order chi connectivity index (χ0) is 14.4. The lowest BCUT2D eigenvalue weighted by molar-refractivity contribution is -0.116. The van der Waals surface area contributed by atoms with Gasteiger partial charge in [-0.05, 0) is 5.56 Å². The molecule has 3 heterocycles. The van der Waals surface area contributed by atoms with Crippen LogP contribution in [-0.2, 0) is 4.79 Å². The third-order valence-electron chi connectivity index (χ3n) is 3.71. The zero-order valence-corrected chi connectivity index (χ0v) is 11.8. The fraction of sp³-hybridized carbons (Fsp3) is 0.133. The van der Waals surface area contributed by atoms with E-state index in [1.54, 1.807) is 4.40 Å². The van der Waals surface area contributed by atoms with Crippen molar-refractivity contribution in [3.8, 4) is 0 Å². The molecule has 6 heteroatoms. The molecule has 1 aliphatic rings. The summed E-state index contributed by atoms with van der Waals surface area (Å²) < 4.78 is 1.77. The predicted octanol–water partition coefficient (Wildman–Crippen LogP) is 2.23. The van der Waals surface area contributed by atoms with Crippen LogP contribution in [0.3, 0.4) is 0 Å². The average Bonchev–Trinajstić information content (AvgIpc) is 2.95. The van der Waals surface area contributed by atoms with Crippen LogP contribution in [0.25, 0.3) is 4.96 Å². The number of nitrogens with zero attached hydrogens (tertiary/aromatic N) is 2. The second kappa shape index (κ2) is 4.53. The molecule has 3 aromatic rings. The van der Waals surface area contributed by atoms with E-state index in [-0.39, 0.29) is 23.8 Å². The number of anilines is 1. The van der Waals surface area contributed by atoms with E-state index in [1.807, 2.05) is 41.9 Å². The molecule has 0 bridgehead atoms. The van der Waals surface area contributed by atoms with Gasteiger partial charge in [-0.25, -0.2) is 0 Å². The maximum Gasteiger partial charge on any atom is 0.279 e. The van der Waals surface area contributed by atoms with E-state index in [4.69, 9.17) is 0 Å². The lowest BCUT2D eigenvalue weighted by atomic mass is 9.87. The van der Waals surface area contributed by atoms with Gasteiger partial charge in [0.2, 0.25) is 5.91 Å². The smallest absolute Gasteiger partial charge is 0.279 e. The summed E-state index contributed by atoms with van der Waals surface area (Å²) >= 11 is 1.37. The van der Waals surface area contributed by atoms with Crippen molar-refractivity contribution in [3.05, 3.63) is 63.4 Å². The van der Waals surface area contributed by atoms with Crippen molar-refractivity contribution in [2.24, 2.45) is 0 Å². The van der Waals surface area contributed by atoms with Crippen molar-refractivity contribution in [1.82, 2.24) is 9.38 Å². The van der Waals surface area contributed by atoms with Crippen LogP contribution in [0.1, 0.15) is 23.5 Å². The van der Waals surface area contributed by atoms with Gasteiger partial charge < -0.3 is 5.32 Å². The number of hydrogen-bond donors (Lipinski definition) is 1. The number of benzene rings is 1. The van der Waals surface area contributed by atoms with E-state index in [0.29, 0.717) is 16.3 Å². The van der Waals surface area contributed by atoms with Crippen LogP contribution in [0, 0.1) is 0 Å². The average molecular weight is 297 g/mol. The summed E-state index contributed by atoms with van der Waals surface area (Å²) in [5.41, 5.74) is 1.26. The number of carbonyl (C=O) groups is 1. The van der Waals surface area contributed by atoms with Gasteiger partial charge in [0.25, 0.3) is 5.56 Å². The molecule has 0 aliphatic carbocycles. The van der Waals surface area contributed by atoms with Crippen molar-refractivity contribution < 1.29 is 4.79 Å². The fourth-order valence-corrected chi connectivity index (χ4v) is 3.49. The molecule has 0 saturated heterocycles. The van der Waals surface area contributed by atoms with Crippen molar-refractivity contribution >= 4 is 28.0 Å². The second-order valence-electron chi connectivity index (χ2n) is 4.95. The second-order valence-corrected chi connectivity index (χ2v) is 5.82. The van der Waals surface area contributed by atoms with Gasteiger partial charge in [-0.2, -0.15) is 4.98 Å². The standard InChI is InChI=1S/C15H11N3O2S/c19-11-8-10(9-4-2-1-3-5-9)12-13(16-11)18-6-7-21-15(18)17-14(12)20/h1-7,10H,8H2,(H,16,19)/t10-/m0/s1. The van der Waals surface area contributed by atoms with Crippen LogP contribution in [0.2, 0.25) is 0 Å². The Morgan fingerprint density at radius 2 is 2.05 bits per heavy atom. The minimum Gasteiger partial charge on any atom is -0.311 e. The van der Waals surface area contributed by atoms with Crippen molar-refractivity contribution in [2.75, 3.05) is 5.32 Å². The molecule has 0 unspecified atom stereocenters. The van der Waals surface area contributed by atoms with Gasteiger partial charge in [-0.1, -0.05) is 30.3 Å². The van der Waals surface area contributed by atoms with Crippen LogP contribution < -0.4 is 10.9 Å². The third kappa shape index (κ3) is 1.87. The van der Waals surface area contributed by atoms with Crippen molar-refractivity contribution in [2.45, 2.75) is 12.3 Å². The quantitative estimate of drug-likeness (QED) is 0.749. The molecule has 1 aliphatic heterocycles. The Kier molecular flexibility index (Phi) is 2.65. The lowest BCUT2D eigenvalue weighted by Gasteiger charge is -2.25. The summed E-state index contributed by atoms with van der Waals surface area (Å²) in [6.45, 7) is 0. The normalized spacial score (nSPS) is 17.5. The molecule has 1 amide bonds. The molecule has 2 aromatic heterocycles. The number of hydrogen-bond acceptors (Lipinski definition) is 4. The Morgan fingerprint density at radius 3 is 2.86 bits per heavy atom. The molecule has 5 nitrogen and oxygen atoms in total. The summed E-state index contributed by atoms with van der Waals surface area (Å²) in [6, 6.07) is 9.62. The first-order valence-corrected chi connectivity index (χ1v) is 7.46. The van der Waals surface area contributed by atoms with Gasteiger partial charge in [0, 0.05) is 23.9 Å². The molecule has 1 aromatic carbocycles. The Bertz CT molecular complexity index is 898. The number of aromatic nitrogens is 2. The molecule has 0 spiro atoms. The molecule has 0 fully saturated rings. The minimum atomic E-state index is -0.263. The van der Waals surface area contributed by atoms with Crippen molar-refractivity contribution in [1.29, 1.82) is 0 Å². The van der Waals surface area contributed by atoms with E-state index in [9.17, 15) is 9.59 Å². The topological polar surface area (TPSA) is 63.5 Å². The zero-order valence-electron chi connectivity index (χ0n) is 10.9. The molecular weight excluding hydrogens is 286 g/mol. The first kappa shape index (κ1) is 12.3. The molecule has 1 N–H and O–H groups in total. The highest BCUT2D eigenvalue weighted by molar-refractivity contribution is 7.15. The maximum atomic E-state index is 12.4. The van der Waals surface area contributed by atoms with E-state index in [2.05, 4.69) is 10.3 Å². The summed E-state index contributed by atoms with van der Waals surface area (Å²) in [4.78, 5) is 29.2. The number of nitrogens with one attached hydrogen (secondary N) is 1. The number of rotatable bonds is 1. The van der Waals surface area contributed by atoms with Gasteiger partial charge >= 0.3 is 0 Å². The number of thiazole rings is 1. The summed E-state index contributed by atoms with van der Waals surface area (Å²) in [5.74, 6) is 0.227. The highest BCUT2D eigenvalue weighted by atomic mass is 32.1. The highest BCUT2D eigenvalue weighted by Gasteiger charge is 2.31. The van der Waals surface area contributed by atoms with Crippen molar-refractivity contribution in [3.63, 3.8) is 0 Å². The maximum absolute atomic E-state index is 12.4. The number of carbonyl (C=O) groups excluding carboxylic acids is 1. The fourth-order valence-electron chi connectivity index (χ4n) is 2.78. The molecule has 4 rings (SSSR count). The van der Waals surface area contributed by atoms with E-state index >= 15 is 0 Å². The SMILES string of the molecule is O=C1C[C@@H](c2ccccc2)c2c(n3ccsc3nc2=O)N1. The molecule has 0 saturated carbocycles. The summed E-state index contributed by atoms with van der Waals surface area (Å²) in [7, 11) is 0. The summed E-state index contributed by atoms with van der Waals surface area (Å²) in [5, 5.41) is 4.67. The Hall–Kier alpha value is -2.47. The first-order chi connectivity index (χ1) is 10.2. The van der Waals surface area contributed by atoms with Crippen LogP contribution in [0.4, 0.5) is 5.82 Å². The largest absolute Gasteiger partial charge is 0.311 e. The molecule has 21 heavy (non-hydrogen) atoms. The van der Waals surface area contributed by atoms with Crippen LogP contribution in [0.5, 0.6) is 0 Å². The van der Waals surface area contributed by atoms with E-state index in [0.717, 1.165) is 5.56 Å². The molecule has 104 valence electrons. The van der Waals surface area contributed by atoms with Crippen LogP contribution >= 0.6 is 11.3 Å². The molecular formula is C15H11N3O2S. The van der Waals surface area contributed by atoms with Crippen LogP contribution in [0.15, 0.2) is 46.7 Å². The lowest BCUT2D eigenvalue weighted by Crippen LogP contribution is -2.31. The summed E-state index contributed by atoms with van der Waals surface area (Å²) in [6.07, 6.45) is 2.09. The number of fused-ring (bicyclic) bond motifs is 3. The van der Waals surface area contributed by atoms with Gasteiger partial charge in [-0.3, -0.25) is 14.0 Å². The van der Waals surface area contributed by atoms with Crippen LogP contribution in [-0.4, -0.2) is 15.3 Å². The number of amides is 1. The van der Waals surface area contributed by atoms with Gasteiger partial charge in [-0.15, -0.1) is 11.3 Å². The first-order valence-electron chi connectivity index (χ1n) is 6.58. The Balaban J connectivity index is 2.03. The van der Waals surface area contributed by atoms with E-state index in [1.165, 1.54) is 11.3 Å². The van der Waals surface area contributed by atoms with Gasteiger partial charge in [0.1, 0.15) is 5.82 Å². The third-order valence-corrected chi connectivity index (χ3v) is 4.47. The predicted molar refractivity (Wildman–Crippen MR) is 80.9 cm³/mol. The minimum absolute atomic E-state index is 0.0815. The Morgan fingerprint density at radius 1 is 1.24 bits per heavy atom. The Labute approximate surface area is 123 Å². The monoisotopic (exact) mass is 297 g/mol. The molecule has 0 radical (unpaired) electrons. The van der Waals surface area contributed by atoms with Gasteiger partial charge in [0.15, 0.2) is 4.96 Å². The molecule has 1 atom stereocenters. The van der Waals surface area contributed by atoms with Gasteiger partial charge in [0.05, 0.1) is 5.56 Å². The van der Waals surface area contributed by atoms with E-state index < -0.39 is 0 Å².